The van der Waals surface area contributed by atoms with Gasteiger partial charge in [0.15, 0.2) is 0 Å². The van der Waals surface area contributed by atoms with Crippen molar-refractivity contribution in [1.29, 1.82) is 0 Å². The molecular formula is C22H24NO6P. The van der Waals surface area contributed by atoms with E-state index < -0.39 is 20.3 Å². The van der Waals surface area contributed by atoms with Crippen molar-refractivity contribution in [1.82, 2.24) is 5.09 Å². The van der Waals surface area contributed by atoms with Gasteiger partial charge in [0.1, 0.15) is 18.9 Å². The molecule has 0 amide bonds. The van der Waals surface area contributed by atoms with E-state index in [2.05, 4.69) is 48.5 Å². The molecule has 0 heterocycles. The van der Waals surface area contributed by atoms with Gasteiger partial charge in [-0.15, -0.1) is 0 Å². The smallest absolute Gasteiger partial charge is 0.400 e. The first-order valence-electron chi connectivity index (χ1n) is 9.07. The highest BCUT2D eigenvalue weighted by Crippen LogP contribution is 2.27. The molecule has 0 saturated carbocycles. The summed E-state index contributed by atoms with van der Waals surface area (Å²) in [6.45, 7) is -0.508. The van der Waals surface area contributed by atoms with Gasteiger partial charge in [0, 0.05) is 0 Å². The van der Waals surface area contributed by atoms with E-state index >= 15 is 0 Å². The van der Waals surface area contributed by atoms with Crippen molar-refractivity contribution >= 4 is 13.7 Å². The average Bonchev–Trinajstić information content (AvgIpc) is 2.78. The molecule has 0 aliphatic carbocycles. The lowest BCUT2D eigenvalue weighted by Gasteiger charge is -2.07. The Balaban J connectivity index is 0.000000230. The fourth-order valence-corrected chi connectivity index (χ4v) is 2.70. The van der Waals surface area contributed by atoms with E-state index in [0.717, 1.165) is 5.56 Å². The molecule has 8 heteroatoms. The van der Waals surface area contributed by atoms with Crippen molar-refractivity contribution in [2.75, 3.05) is 13.7 Å². The number of esters is 1. The Morgan fingerprint density at radius 2 is 1.37 bits per heavy atom. The molecule has 0 spiro atoms. The second-order valence-corrected chi connectivity index (χ2v) is 7.52. The normalized spacial score (nSPS) is 10.5. The molecule has 0 fully saturated rings. The van der Waals surface area contributed by atoms with Crippen molar-refractivity contribution in [3.8, 4) is 16.9 Å². The molecule has 3 aromatic rings. The quantitative estimate of drug-likeness (QED) is 0.388. The first kappa shape index (κ1) is 23.3. The van der Waals surface area contributed by atoms with Gasteiger partial charge < -0.3 is 19.3 Å². The largest absolute Gasteiger partial charge is 0.497 e. The van der Waals surface area contributed by atoms with Gasteiger partial charge in [-0.3, -0.25) is 4.79 Å². The number of rotatable bonds is 7. The minimum absolute atomic E-state index is 0.0334. The highest BCUT2D eigenvalue weighted by Gasteiger charge is 2.14. The third-order valence-corrected chi connectivity index (χ3v) is 4.44. The van der Waals surface area contributed by atoms with Crippen LogP contribution in [0.2, 0.25) is 0 Å². The molecule has 0 aliphatic rings. The third kappa shape index (κ3) is 9.03. The molecule has 0 aliphatic heterocycles. The van der Waals surface area contributed by atoms with Crippen molar-refractivity contribution in [3.63, 3.8) is 0 Å². The molecule has 0 radical (unpaired) electrons. The van der Waals surface area contributed by atoms with Crippen LogP contribution < -0.4 is 9.82 Å². The first-order chi connectivity index (χ1) is 14.4. The van der Waals surface area contributed by atoms with Crippen LogP contribution in [-0.4, -0.2) is 29.4 Å². The molecule has 3 aromatic carbocycles. The Kier molecular flexibility index (Phi) is 9.25. The van der Waals surface area contributed by atoms with Gasteiger partial charge in [-0.1, -0.05) is 72.8 Å². The third-order valence-electron chi connectivity index (χ3n) is 3.87. The molecule has 158 valence electrons. The Bertz CT molecular complexity index is 905. The molecule has 3 rings (SSSR count). The van der Waals surface area contributed by atoms with Gasteiger partial charge in [0.2, 0.25) is 0 Å². The van der Waals surface area contributed by atoms with Crippen LogP contribution in [-0.2, 0) is 20.7 Å². The summed E-state index contributed by atoms with van der Waals surface area (Å²) in [6, 6.07) is 27.7. The molecule has 0 bridgehead atoms. The summed E-state index contributed by atoms with van der Waals surface area (Å²) in [7, 11) is -2.85. The summed E-state index contributed by atoms with van der Waals surface area (Å²) in [5.41, 5.74) is 3.30. The Labute approximate surface area is 175 Å². The lowest BCUT2D eigenvalue weighted by atomic mass is 10.1. The van der Waals surface area contributed by atoms with Crippen molar-refractivity contribution in [2.24, 2.45) is 0 Å². The number of hydrogen-bond donors (Lipinski definition) is 3. The van der Waals surface area contributed by atoms with Gasteiger partial charge in [0.05, 0.1) is 7.11 Å². The number of carbonyl (C=O) groups is 1. The van der Waals surface area contributed by atoms with Crippen molar-refractivity contribution in [2.45, 2.75) is 6.61 Å². The van der Waals surface area contributed by atoms with E-state index in [1.807, 2.05) is 12.1 Å². The van der Waals surface area contributed by atoms with Crippen LogP contribution in [0, 0.1) is 0 Å². The highest BCUT2D eigenvalue weighted by atomic mass is 31.2. The van der Waals surface area contributed by atoms with Gasteiger partial charge in [0.25, 0.3) is 0 Å². The Morgan fingerprint density at radius 3 is 1.80 bits per heavy atom. The van der Waals surface area contributed by atoms with E-state index in [1.54, 1.807) is 36.5 Å². The number of benzene rings is 3. The molecule has 0 atom stereocenters. The molecule has 0 aromatic heterocycles. The highest BCUT2D eigenvalue weighted by molar-refractivity contribution is 7.49. The zero-order valence-corrected chi connectivity index (χ0v) is 17.4. The number of ether oxygens (including phenoxy) is 2. The number of carbonyl (C=O) groups excluding carboxylic acids is 1. The summed E-state index contributed by atoms with van der Waals surface area (Å²) >= 11 is 0. The summed E-state index contributed by atoms with van der Waals surface area (Å²) in [5, 5.41) is 1.75. The molecule has 0 unspecified atom stereocenters. The predicted octanol–water partition coefficient (Wildman–Crippen LogP) is 3.77. The van der Waals surface area contributed by atoms with Crippen LogP contribution in [0.1, 0.15) is 5.56 Å². The summed E-state index contributed by atoms with van der Waals surface area (Å²) in [4.78, 5) is 28.1. The molecule has 7 nitrogen and oxygen atoms in total. The zero-order valence-electron chi connectivity index (χ0n) is 16.5. The molecule has 3 N–H and O–H groups in total. The number of nitrogens with one attached hydrogen (secondary N) is 1. The van der Waals surface area contributed by atoms with Crippen LogP contribution in [0.15, 0.2) is 84.9 Å². The van der Waals surface area contributed by atoms with E-state index in [4.69, 9.17) is 19.3 Å². The number of methoxy groups -OCH3 is 1. The lowest BCUT2D eigenvalue weighted by molar-refractivity contribution is -0.143. The minimum atomic E-state index is -4.39. The average molecular weight is 429 g/mol. The second kappa shape index (κ2) is 11.9. The fraction of sp³-hybridized carbons (Fsp3) is 0.136. The van der Waals surface area contributed by atoms with E-state index in [0.29, 0.717) is 5.75 Å². The Morgan fingerprint density at radius 1 is 0.867 bits per heavy atom. The molecule has 0 saturated heterocycles. The van der Waals surface area contributed by atoms with Crippen LogP contribution in [0.3, 0.4) is 0 Å². The van der Waals surface area contributed by atoms with E-state index in [1.165, 1.54) is 11.1 Å². The van der Waals surface area contributed by atoms with Gasteiger partial charge >= 0.3 is 13.7 Å². The molecule has 30 heavy (non-hydrogen) atoms. The second-order valence-electron chi connectivity index (χ2n) is 6.12. The van der Waals surface area contributed by atoms with Crippen LogP contribution in [0.5, 0.6) is 5.75 Å². The maximum absolute atomic E-state index is 11.1. The summed E-state index contributed by atoms with van der Waals surface area (Å²) < 4.78 is 20.2. The van der Waals surface area contributed by atoms with Crippen LogP contribution >= 0.6 is 7.75 Å². The minimum Gasteiger partial charge on any atom is -0.497 e. The van der Waals surface area contributed by atoms with Gasteiger partial charge in [-0.05, 0) is 28.8 Å². The standard InChI is InChI=1S/C12H10.C10H14NO6P/c1-3-7-11(8-4-1)12-9-5-2-6-10-12;1-16-9-4-2-8(3-5-9)7-17-10(12)6-11-18(13,14)15/h1-10H;2-5H,6-7H2,1H3,(H3,11,13,14,15). The lowest BCUT2D eigenvalue weighted by Crippen LogP contribution is -2.22. The van der Waals surface area contributed by atoms with Crippen molar-refractivity contribution < 1.29 is 28.6 Å². The van der Waals surface area contributed by atoms with Gasteiger partial charge in [-0.2, -0.15) is 0 Å². The fourth-order valence-electron chi connectivity index (χ4n) is 2.37. The maximum Gasteiger partial charge on any atom is 0.400 e. The summed E-state index contributed by atoms with van der Waals surface area (Å²) in [6.07, 6.45) is 0. The molecular weight excluding hydrogens is 405 g/mol. The summed E-state index contributed by atoms with van der Waals surface area (Å²) in [5.74, 6) is -0.0533. The van der Waals surface area contributed by atoms with E-state index in [-0.39, 0.29) is 6.61 Å². The van der Waals surface area contributed by atoms with Crippen molar-refractivity contribution in [3.05, 3.63) is 90.5 Å². The van der Waals surface area contributed by atoms with Gasteiger partial charge in [-0.25, -0.2) is 9.65 Å². The maximum atomic E-state index is 11.1. The Hall–Kier alpha value is -2.96. The topological polar surface area (TPSA) is 105 Å². The van der Waals surface area contributed by atoms with E-state index in [9.17, 15) is 9.36 Å². The first-order valence-corrected chi connectivity index (χ1v) is 10.7. The number of hydrogen-bond acceptors (Lipinski definition) is 4. The SMILES string of the molecule is COc1ccc(COC(=O)CNP(=O)(O)O)cc1.c1ccc(-c2ccccc2)cc1. The predicted molar refractivity (Wildman–Crippen MR) is 115 cm³/mol. The zero-order chi connectivity index (χ0) is 21.8. The monoisotopic (exact) mass is 429 g/mol. The van der Waals surface area contributed by atoms with Crippen LogP contribution in [0.25, 0.3) is 11.1 Å². The van der Waals surface area contributed by atoms with Crippen LogP contribution in [0.4, 0.5) is 0 Å².